The average molecular weight is 286 g/mol. The van der Waals surface area contributed by atoms with Crippen LogP contribution in [-0.4, -0.2) is 17.5 Å². The Kier molecular flexibility index (Phi) is 4.28. The van der Waals surface area contributed by atoms with Gasteiger partial charge in [-0.1, -0.05) is 24.3 Å². The van der Waals surface area contributed by atoms with Gasteiger partial charge < -0.3 is 9.84 Å². The van der Waals surface area contributed by atoms with E-state index in [-0.39, 0.29) is 6.61 Å². The molecule has 2 aromatic carbocycles. The maximum Gasteiger partial charge on any atom is 0.122 e. The van der Waals surface area contributed by atoms with E-state index in [2.05, 4.69) is 30.3 Å². The Hall–Kier alpha value is -1.45. The molecular weight excluding hydrogens is 268 g/mol. The van der Waals surface area contributed by atoms with E-state index in [4.69, 9.17) is 9.84 Å². The van der Waals surface area contributed by atoms with Gasteiger partial charge in [-0.15, -0.1) is 11.8 Å². The van der Waals surface area contributed by atoms with Gasteiger partial charge in [-0.05, 0) is 41.3 Å². The molecule has 2 aromatic rings. The molecule has 0 amide bonds. The van der Waals surface area contributed by atoms with Crippen molar-refractivity contribution in [2.45, 2.75) is 24.3 Å². The fourth-order valence-electron chi connectivity index (χ4n) is 2.37. The highest BCUT2D eigenvalue weighted by atomic mass is 32.2. The van der Waals surface area contributed by atoms with Crippen molar-refractivity contribution in [1.29, 1.82) is 0 Å². The van der Waals surface area contributed by atoms with Crippen LogP contribution >= 0.6 is 11.8 Å². The van der Waals surface area contributed by atoms with Crippen LogP contribution in [0.2, 0.25) is 0 Å². The fraction of sp³-hybridized carbons (Fsp3) is 0.294. The largest absolute Gasteiger partial charge is 0.493 e. The molecule has 0 aliphatic carbocycles. The first-order valence-electron chi connectivity index (χ1n) is 6.92. The molecular formula is C17H18O2S. The van der Waals surface area contributed by atoms with Gasteiger partial charge in [0, 0.05) is 17.1 Å². The third-order valence-electron chi connectivity index (χ3n) is 3.52. The molecule has 0 spiro atoms. The number of fused-ring (bicyclic) bond motifs is 1. The number of hydrogen-bond acceptors (Lipinski definition) is 3. The van der Waals surface area contributed by atoms with Gasteiger partial charge in [0.15, 0.2) is 0 Å². The summed E-state index contributed by atoms with van der Waals surface area (Å²) in [6, 6.07) is 14.7. The maximum atomic E-state index is 9.01. The lowest BCUT2D eigenvalue weighted by atomic mass is 10.1. The van der Waals surface area contributed by atoms with Crippen molar-refractivity contribution in [3.63, 3.8) is 0 Å². The summed E-state index contributed by atoms with van der Waals surface area (Å²) in [5.41, 5.74) is 3.70. The van der Waals surface area contributed by atoms with Gasteiger partial charge in [0.2, 0.25) is 0 Å². The van der Waals surface area contributed by atoms with Gasteiger partial charge in [-0.3, -0.25) is 0 Å². The summed E-state index contributed by atoms with van der Waals surface area (Å²) in [7, 11) is 0. The van der Waals surface area contributed by atoms with Crippen LogP contribution in [0.3, 0.4) is 0 Å². The Morgan fingerprint density at radius 1 is 1.05 bits per heavy atom. The zero-order valence-electron chi connectivity index (χ0n) is 11.3. The predicted molar refractivity (Wildman–Crippen MR) is 82.4 cm³/mol. The molecule has 0 fully saturated rings. The topological polar surface area (TPSA) is 29.5 Å². The van der Waals surface area contributed by atoms with E-state index in [1.165, 1.54) is 16.0 Å². The molecule has 0 atom stereocenters. The smallest absolute Gasteiger partial charge is 0.122 e. The lowest BCUT2D eigenvalue weighted by molar-refractivity contribution is 0.282. The SMILES string of the molecule is OCc1ccc(SCCc2ccc3c(c2)CCO3)cc1. The third-order valence-corrected chi connectivity index (χ3v) is 4.53. The van der Waals surface area contributed by atoms with Gasteiger partial charge in [-0.2, -0.15) is 0 Å². The van der Waals surface area contributed by atoms with Crippen molar-refractivity contribution >= 4 is 11.8 Å². The lowest BCUT2D eigenvalue weighted by Gasteiger charge is -2.05. The minimum atomic E-state index is 0.113. The first-order chi connectivity index (χ1) is 9.85. The average Bonchev–Trinajstić information content (AvgIpc) is 2.95. The molecule has 1 aliphatic heterocycles. The third kappa shape index (κ3) is 3.17. The molecule has 1 N–H and O–H groups in total. The fourth-order valence-corrected chi connectivity index (χ4v) is 3.28. The Balaban J connectivity index is 1.54. The maximum absolute atomic E-state index is 9.01. The summed E-state index contributed by atoms with van der Waals surface area (Å²) in [6.45, 7) is 0.937. The normalized spacial score (nSPS) is 13.1. The summed E-state index contributed by atoms with van der Waals surface area (Å²) in [6.07, 6.45) is 2.11. The minimum Gasteiger partial charge on any atom is -0.493 e. The second-order valence-electron chi connectivity index (χ2n) is 4.94. The van der Waals surface area contributed by atoms with Gasteiger partial charge in [0.05, 0.1) is 13.2 Å². The van der Waals surface area contributed by atoms with Crippen molar-refractivity contribution in [1.82, 2.24) is 0 Å². The highest BCUT2D eigenvalue weighted by Gasteiger charge is 2.11. The molecule has 0 aromatic heterocycles. The Morgan fingerprint density at radius 3 is 2.65 bits per heavy atom. The summed E-state index contributed by atoms with van der Waals surface area (Å²) < 4.78 is 5.52. The lowest BCUT2D eigenvalue weighted by Crippen LogP contribution is -1.90. The van der Waals surface area contributed by atoms with Crippen molar-refractivity contribution in [3.8, 4) is 5.75 Å². The van der Waals surface area contributed by atoms with Crippen LogP contribution in [0.25, 0.3) is 0 Å². The molecule has 2 nitrogen and oxygen atoms in total. The first-order valence-corrected chi connectivity index (χ1v) is 7.91. The molecule has 0 saturated carbocycles. The predicted octanol–water partition coefficient (Wildman–Crippen LogP) is 3.45. The molecule has 1 aliphatic rings. The quantitative estimate of drug-likeness (QED) is 0.854. The number of thioether (sulfide) groups is 1. The van der Waals surface area contributed by atoms with E-state index >= 15 is 0 Å². The summed E-state index contributed by atoms with van der Waals surface area (Å²) >= 11 is 1.85. The van der Waals surface area contributed by atoms with Crippen LogP contribution in [0.5, 0.6) is 5.75 Å². The summed E-state index contributed by atoms with van der Waals surface area (Å²) in [5.74, 6) is 2.12. The number of aliphatic hydroxyl groups is 1. The molecule has 3 rings (SSSR count). The van der Waals surface area contributed by atoms with E-state index in [1.807, 2.05) is 23.9 Å². The van der Waals surface area contributed by atoms with E-state index in [9.17, 15) is 0 Å². The van der Waals surface area contributed by atoms with Gasteiger partial charge >= 0.3 is 0 Å². The number of rotatable bonds is 5. The zero-order valence-corrected chi connectivity index (χ0v) is 12.2. The van der Waals surface area contributed by atoms with Gasteiger partial charge in [-0.25, -0.2) is 0 Å². The second-order valence-corrected chi connectivity index (χ2v) is 6.11. The number of hydrogen-bond donors (Lipinski definition) is 1. The molecule has 20 heavy (non-hydrogen) atoms. The van der Waals surface area contributed by atoms with Crippen molar-refractivity contribution in [3.05, 3.63) is 59.2 Å². The van der Waals surface area contributed by atoms with E-state index < -0.39 is 0 Å². The molecule has 104 valence electrons. The standard InChI is InChI=1S/C17H18O2S/c18-12-14-1-4-16(5-2-14)20-10-8-13-3-6-17-15(11-13)7-9-19-17/h1-6,11,18H,7-10,12H2. The zero-order chi connectivity index (χ0) is 13.8. The molecule has 0 saturated heterocycles. The Labute approximate surface area is 123 Å². The molecule has 0 bridgehead atoms. The number of aryl methyl sites for hydroxylation is 1. The van der Waals surface area contributed by atoms with Crippen LogP contribution in [0.15, 0.2) is 47.4 Å². The Morgan fingerprint density at radius 2 is 1.85 bits per heavy atom. The number of aliphatic hydroxyl groups excluding tert-OH is 1. The van der Waals surface area contributed by atoms with Crippen molar-refractivity contribution in [2.75, 3.05) is 12.4 Å². The van der Waals surface area contributed by atoms with Crippen LogP contribution in [-0.2, 0) is 19.4 Å². The monoisotopic (exact) mass is 286 g/mol. The van der Waals surface area contributed by atoms with Crippen molar-refractivity contribution < 1.29 is 9.84 Å². The van der Waals surface area contributed by atoms with Crippen LogP contribution in [0, 0.1) is 0 Å². The molecule has 1 heterocycles. The summed E-state index contributed by atoms with van der Waals surface area (Å²) in [5, 5.41) is 9.01. The van der Waals surface area contributed by atoms with E-state index in [0.717, 1.165) is 36.5 Å². The highest BCUT2D eigenvalue weighted by Crippen LogP contribution is 2.27. The minimum absolute atomic E-state index is 0.113. The number of benzene rings is 2. The molecule has 0 unspecified atom stereocenters. The van der Waals surface area contributed by atoms with E-state index in [1.54, 1.807) is 0 Å². The molecule has 0 radical (unpaired) electrons. The van der Waals surface area contributed by atoms with E-state index in [0.29, 0.717) is 0 Å². The van der Waals surface area contributed by atoms with Crippen molar-refractivity contribution in [2.24, 2.45) is 0 Å². The summed E-state index contributed by atoms with van der Waals surface area (Å²) in [4.78, 5) is 1.26. The van der Waals surface area contributed by atoms with Crippen LogP contribution < -0.4 is 4.74 Å². The number of ether oxygens (including phenoxy) is 1. The second kappa shape index (κ2) is 6.33. The molecule has 3 heteroatoms. The first kappa shape index (κ1) is 13.5. The van der Waals surface area contributed by atoms with Crippen LogP contribution in [0.1, 0.15) is 16.7 Å². The van der Waals surface area contributed by atoms with Gasteiger partial charge in [0.25, 0.3) is 0 Å². The highest BCUT2D eigenvalue weighted by molar-refractivity contribution is 7.99. The van der Waals surface area contributed by atoms with Crippen LogP contribution in [0.4, 0.5) is 0 Å². The Bertz CT molecular complexity index is 578. The van der Waals surface area contributed by atoms with Gasteiger partial charge in [0.1, 0.15) is 5.75 Å².